The van der Waals surface area contributed by atoms with E-state index in [-0.39, 0.29) is 6.04 Å². The highest BCUT2D eigenvalue weighted by Crippen LogP contribution is 2.37. The summed E-state index contributed by atoms with van der Waals surface area (Å²) in [7, 11) is 0. The zero-order valence-corrected chi connectivity index (χ0v) is 20.8. The van der Waals surface area contributed by atoms with Crippen LogP contribution in [0, 0.1) is 0 Å². The number of rotatable bonds is 5. The Kier molecular flexibility index (Phi) is 6.06. The van der Waals surface area contributed by atoms with Crippen LogP contribution in [0.1, 0.15) is 23.6 Å². The van der Waals surface area contributed by atoms with Gasteiger partial charge in [0.25, 0.3) is 0 Å². The summed E-state index contributed by atoms with van der Waals surface area (Å²) in [6.07, 6.45) is 2.59. The number of pyridine rings is 1. The molecule has 6 rings (SSSR count). The Bertz CT molecular complexity index is 1550. The Labute approximate surface area is 219 Å². The van der Waals surface area contributed by atoms with E-state index >= 15 is 0 Å². The minimum Gasteiger partial charge on any atom is -0.355 e. The predicted octanol–water partition coefficient (Wildman–Crippen LogP) is 8.64. The first kappa shape index (κ1) is 22.6. The molecule has 6 heteroatoms. The number of para-hydroxylation sites is 1. The Hall–Kier alpha value is -3.86. The molecule has 1 unspecified atom stereocenters. The summed E-state index contributed by atoms with van der Waals surface area (Å²) in [6.45, 7) is 0. The van der Waals surface area contributed by atoms with Gasteiger partial charge < -0.3 is 5.32 Å². The molecule has 36 heavy (non-hydrogen) atoms. The predicted molar refractivity (Wildman–Crippen MR) is 151 cm³/mol. The first-order valence-electron chi connectivity index (χ1n) is 11.7. The van der Waals surface area contributed by atoms with Gasteiger partial charge in [-0.25, -0.2) is 0 Å². The Morgan fingerprint density at radius 3 is 2.31 bits per heavy atom. The summed E-state index contributed by atoms with van der Waals surface area (Å²) >= 11 is 12.3. The van der Waals surface area contributed by atoms with Crippen molar-refractivity contribution >= 4 is 56.9 Å². The molecule has 4 nitrogen and oxygen atoms in total. The molecule has 0 radical (unpaired) electrons. The van der Waals surface area contributed by atoms with Gasteiger partial charge in [0.15, 0.2) is 0 Å². The average molecular weight is 509 g/mol. The molecule has 1 aliphatic rings. The average Bonchev–Trinajstić information content (AvgIpc) is 3.36. The zero-order chi connectivity index (χ0) is 24.5. The monoisotopic (exact) mass is 508 g/mol. The molecule has 1 aromatic heterocycles. The number of hydrogen-bond acceptors (Lipinski definition) is 4. The molecule has 0 spiro atoms. The number of fused-ring (bicyclic) bond motifs is 1. The van der Waals surface area contributed by atoms with Crippen LogP contribution in [0.15, 0.2) is 114 Å². The van der Waals surface area contributed by atoms with Crippen molar-refractivity contribution in [2.75, 3.05) is 10.3 Å². The van der Waals surface area contributed by atoms with E-state index in [1.807, 2.05) is 54.6 Å². The van der Waals surface area contributed by atoms with Crippen LogP contribution in [0.3, 0.4) is 0 Å². The van der Waals surface area contributed by atoms with Crippen molar-refractivity contribution in [2.24, 2.45) is 5.10 Å². The molecule has 0 aliphatic carbocycles. The number of anilines is 3. The van der Waals surface area contributed by atoms with Crippen LogP contribution in [0.25, 0.3) is 10.9 Å². The van der Waals surface area contributed by atoms with Gasteiger partial charge in [-0.05, 0) is 71.8 Å². The van der Waals surface area contributed by atoms with Crippen molar-refractivity contribution in [2.45, 2.75) is 12.5 Å². The zero-order valence-electron chi connectivity index (χ0n) is 19.3. The largest absolute Gasteiger partial charge is 0.355 e. The van der Waals surface area contributed by atoms with Crippen LogP contribution >= 0.6 is 23.2 Å². The summed E-state index contributed by atoms with van der Waals surface area (Å²) in [6, 6.07) is 34.6. The lowest BCUT2D eigenvalue weighted by molar-refractivity contribution is 0.709. The van der Waals surface area contributed by atoms with Crippen molar-refractivity contribution < 1.29 is 0 Å². The van der Waals surface area contributed by atoms with E-state index in [1.165, 1.54) is 5.56 Å². The molecule has 0 amide bonds. The standard InChI is InChI=1S/C30H22Cl2N4/c31-22-10-6-21(7-11-22)30-19-28(35-36(30)25-4-2-1-3-5-25)20-8-13-24(14-9-20)34-27-16-17-33-29-18-23(32)12-15-26(27)29/h1-18,30H,19H2,(H,33,34). The van der Waals surface area contributed by atoms with Gasteiger partial charge in [-0.2, -0.15) is 5.10 Å². The van der Waals surface area contributed by atoms with Gasteiger partial charge in [-0.15, -0.1) is 0 Å². The molecule has 2 heterocycles. The third-order valence-electron chi connectivity index (χ3n) is 6.39. The highest BCUT2D eigenvalue weighted by atomic mass is 35.5. The van der Waals surface area contributed by atoms with Crippen molar-refractivity contribution in [3.63, 3.8) is 0 Å². The van der Waals surface area contributed by atoms with E-state index in [4.69, 9.17) is 28.3 Å². The second kappa shape index (κ2) is 9.65. The third-order valence-corrected chi connectivity index (χ3v) is 6.87. The molecular formula is C30H22Cl2N4. The van der Waals surface area contributed by atoms with E-state index < -0.39 is 0 Å². The summed E-state index contributed by atoms with van der Waals surface area (Å²) in [5, 5.41) is 13.1. The van der Waals surface area contributed by atoms with E-state index in [2.05, 4.69) is 63.8 Å². The van der Waals surface area contributed by atoms with Crippen LogP contribution < -0.4 is 10.3 Å². The van der Waals surface area contributed by atoms with E-state index in [1.54, 1.807) is 6.20 Å². The van der Waals surface area contributed by atoms with Crippen molar-refractivity contribution in [3.8, 4) is 0 Å². The second-order valence-corrected chi connectivity index (χ2v) is 9.59. The highest BCUT2D eigenvalue weighted by molar-refractivity contribution is 6.31. The van der Waals surface area contributed by atoms with Crippen LogP contribution in [-0.2, 0) is 0 Å². The number of benzene rings is 4. The van der Waals surface area contributed by atoms with Crippen molar-refractivity contribution in [1.29, 1.82) is 0 Å². The number of halogens is 2. The van der Waals surface area contributed by atoms with Gasteiger partial charge in [0.1, 0.15) is 0 Å². The maximum absolute atomic E-state index is 6.15. The molecule has 5 aromatic rings. The second-order valence-electron chi connectivity index (χ2n) is 8.72. The minimum atomic E-state index is 0.104. The van der Waals surface area contributed by atoms with Crippen LogP contribution in [0.5, 0.6) is 0 Å². The maximum atomic E-state index is 6.15. The fourth-order valence-electron chi connectivity index (χ4n) is 4.58. The summed E-state index contributed by atoms with van der Waals surface area (Å²) in [4.78, 5) is 4.43. The summed E-state index contributed by atoms with van der Waals surface area (Å²) in [5.74, 6) is 0. The minimum absolute atomic E-state index is 0.104. The topological polar surface area (TPSA) is 40.5 Å². The van der Waals surface area contributed by atoms with Gasteiger partial charge in [-0.1, -0.05) is 65.7 Å². The normalized spacial score (nSPS) is 15.2. The fourth-order valence-corrected chi connectivity index (χ4v) is 4.87. The van der Waals surface area contributed by atoms with Crippen molar-refractivity contribution in [3.05, 3.63) is 130 Å². The van der Waals surface area contributed by atoms with Crippen molar-refractivity contribution in [1.82, 2.24) is 4.98 Å². The first-order valence-corrected chi connectivity index (χ1v) is 12.5. The molecular weight excluding hydrogens is 487 g/mol. The highest BCUT2D eigenvalue weighted by Gasteiger charge is 2.29. The lowest BCUT2D eigenvalue weighted by Crippen LogP contribution is -2.18. The lowest BCUT2D eigenvalue weighted by atomic mass is 9.98. The summed E-state index contributed by atoms with van der Waals surface area (Å²) < 4.78 is 0. The maximum Gasteiger partial charge on any atom is 0.0831 e. The van der Waals surface area contributed by atoms with Gasteiger partial charge in [-0.3, -0.25) is 9.99 Å². The molecule has 1 atom stereocenters. The first-order chi connectivity index (χ1) is 17.6. The molecule has 0 bridgehead atoms. The Morgan fingerprint density at radius 1 is 0.778 bits per heavy atom. The third kappa shape index (κ3) is 4.53. The molecule has 0 saturated carbocycles. The van der Waals surface area contributed by atoms with Gasteiger partial charge in [0, 0.05) is 39.4 Å². The van der Waals surface area contributed by atoms with E-state index in [0.717, 1.165) is 50.7 Å². The SMILES string of the molecule is Clc1ccc(C2CC(c3ccc(Nc4ccnc5cc(Cl)ccc45)cc3)=NN2c2ccccc2)cc1. The van der Waals surface area contributed by atoms with Gasteiger partial charge in [0.2, 0.25) is 0 Å². The Balaban J connectivity index is 1.28. The number of nitrogens with one attached hydrogen (secondary N) is 1. The molecule has 0 saturated heterocycles. The molecule has 0 fully saturated rings. The fraction of sp³-hybridized carbons (Fsp3) is 0.0667. The smallest absolute Gasteiger partial charge is 0.0831 e. The molecule has 1 N–H and O–H groups in total. The number of hydrazone groups is 1. The Morgan fingerprint density at radius 2 is 1.53 bits per heavy atom. The van der Waals surface area contributed by atoms with Gasteiger partial charge in [0.05, 0.1) is 23.0 Å². The summed E-state index contributed by atoms with van der Waals surface area (Å²) in [5.41, 5.74) is 7.24. The number of aromatic nitrogens is 1. The van der Waals surface area contributed by atoms with Gasteiger partial charge >= 0.3 is 0 Å². The number of nitrogens with zero attached hydrogens (tertiary/aromatic N) is 3. The molecule has 1 aliphatic heterocycles. The van der Waals surface area contributed by atoms with Crippen LogP contribution in [-0.4, -0.2) is 10.7 Å². The van der Waals surface area contributed by atoms with E-state index in [0.29, 0.717) is 5.02 Å². The van der Waals surface area contributed by atoms with E-state index in [9.17, 15) is 0 Å². The quantitative estimate of drug-likeness (QED) is 0.258. The van der Waals surface area contributed by atoms with Crippen LogP contribution in [0.2, 0.25) is 10.0 Å². The number of hydrogen-bond donors (Lipinski definition) is 1. The molecule has 4 aromatic carbocycles. The lowest BCUT2D eigenvalue weighted by Gasteiger charge is -2.24. The molecule has 176 valence electrons. The van der Waals surface area contributed by atoms with Crippen LogP contribution in [0.4, 0.5) is 17.1 Å².